The van der Waals surface area contributed by atoms with E-state index in [1.807, 2.05) is 21.1 Å². The zero-order valence-electron chi connectivity index (χ0n) is 51.0. The van der Waals surface area contributed by atoms with Crippen LogP contribution in [0, 0.1) is 0 Å². The summed E-state index contributed by atoms with van der Waals surface area (Å²) in [6.07, 6.45) is 72.3. The molecule has 0 aromatic heterocycles. The predicted molar refractivity (Wildman–Crippen MR) is 326 cm³/mol. The summed E-state index contributed by atoms with van der Waals surface area (Å²) in [5.41, 5.74) is 0. The first-order valence-electron chi connectivity index (χ1n) is 32.7. The lowest BCUT2D eigenvalue weighted by molar-refractivity contribution is -0.870. The molecule has 0 fully saturated rings. The van der Waals surface area contributed by atoms with Gasteiger partial charge in [-0.15, -0.1) is 0 Å². The van der Waals surface area contributed by atoms with Crippen LogP contribution in [0.1, 0.15) is 322 Å². The fourth-order valence-electron chi connectivity index (χ4n) is 9.61. The SMILES string of the molecule is CCCCCCC/C=C\C/C=C\C/C=C\CCCCCCCCCCCCC(=O)OC(COC(=O)CCCCCCCCCCCCCCCCCCCCCCCCCCCCC)COP(=O)(O)OCC[N+](C)(C)C. The highest BCUT2D eigenvalue weighted by Crippen LogP contribution is 2.43. The lowest BCUT2D eigenvalue weighted by Crippen LogP contribution is -2.37. The molecule has 0 saturated heterocycles. The topological polar surface area (TPSA) is 108 Å². The van der Waals surface area contributed by atoms with Crippen molar-refractivity contribution in [1.82, 2.24) is 0 Å². The summed E-state index contributed by atoms with van der Waals surface area (Å²) in [5.74, 6) is -0.785. The molecular formula is C66H127NO8P+. The van der Waals surface area contributed by atoms with Crippen LogP contribution in [0.4, 0.5) is 0 Å². The minimum Gasteiger partial charge on any atom is -0.462 e. The van der Waals surface area contributed by atoms with Crippen molar-refractivity contribution in [2.45, 2.75) is 328 Å². The van der Waals surface area contributed by atoms with Gasteiger partial charge >= 0.3 is 19.8 Å². The number of unbranched alkanes of at least 4 members (excludes halogenated alkanes) is 41. The lowest BCUT2D eigenvalue weighted by Gasteiger charge is -2.24. The predicted octanol–water partition coefficient (Wildman–Crippen LogP) is 20.7. The molecule has 2 atom stereocenters. The van der Waals surface area contributed by atoms with Crippen molar-refractivity contribution in [3.8, 4) is 0 Å². The molecule has 0 aromatic rings. The Morgan fingerprint density at radius 2 is 0.711 bits per heavy atom. The molecule has 2 unspecified atom stereocenters. The number of hydrogen-bond donors (Lipinski definition) is 1. The number of carbonyl (C=O) groups is 2. The summed E-state index contributed by atoms with van der Waals surface area (Å²) in [4.78, 5) is 35.8. The van der Waals surface area contributed by atoms with Crippen LogP contribution in [0.5, 0.6) is 0 Å². The third-order valence-electron chi connectivity index (χ3n) is 14.7. The molecule has 0 aliphatic carbocycles. The van der Waals surface area contributed by atoms with Crippen molar-refractivity contribution in [2.75, 3.05) is 47.5 Å². The average molecular weight is 1090 g/mol. The summed E-state index contributed by atoms with van der Waals surface area (Å²) in [6, 6.07) is 0. The van der Waals surface area contributed by atoms with Gasteiger partial charge in [-0.2, -0.15) is 0 Å². The van der Waals surface area contributed by atoms with Gasteiger partial charge in [0.25, 0.3) is 0 Å². The number of carbonyl (C=O) groups excluding carboxylic acids is 2. The molecule has 0 rings (SSSR count). The second kappa shape index (κ2) is 57.9. The molecule has 0 heterocycles. The van der Waals surface area contributed by atoms with Gasteiger partial charge in [0.1, 0.15) is 19.8 Å². The number of esters is 2. The maximum atomic E-state index is 12.8. The molecule has 76 heavy (non-hydrogen) atoms. The van der Waals surface area contributed by atoms with E-state index in [1.54, 1.807) is 0 Å². The summed E-state index contributed by atoms with van der Waals surface area (Å²) in [6.45, 7) is 4.48. The monoisotopic (exact) mass is 1090 g/mol. The highest BCUT2D eigenvalue weighted by molar-refractivity contribution is 7.47. The Kier molecular flexibility index (Phi) is 56.6. The molecule has 0 radical (unpaired) electrons. The van der Waals surface area contributed by atoms with Crippen LogP contribution in [0.2, 0.25) is 0 Å². The van der Waals surface area contributed by atoms with E-state index in [1.165, 1.54) is 238 Å². The molecule has 0 saturated carbocycles. The summed E-state index contributed by atoms with van der Waals surface area (Å²) in [5, 5.41) is 0. The Hall–Kier alpha value is -1.77. The normalized spacial score (nSPS) is 13.4. The van der Waals surface area contributed by atoms with E-state index in [-0.39, 0.29) is 25.6 Å². The van der Waals surface area contributed by atoms with Crippen LogP contribution in [-0.4, -0.2) is 74.9 Å². The third-order valence-corrected chi connectivity index (χ3v) is 15.7. The smallest absolute Gasteiger partial charge is 0.462 e. The van der Waals surface area contributed by atoms with Gasteiger partial charge in [0.05, 0.1) is 27.7 Å². The average Bonchev–Trinajstić information content (AvgIpc) is 3.38. The highest BCUT2D eigenvalue weighted by Gasteiger charge is 2.27. The largest absolute Gasteiger partial charge is 0.472 e. The zero-order chi connectivity index (χ0) is 55.6. The molecule has 10 heteroatoms. The van der Waals surface area contributed by atoms with Gasteiger partial charge in [-0.3, -0.25) is 18.6 Å². The van der Waals surface area contributed by atoms with Crippen LogP contribution < -0.4 is 0 Å². The maximum absolute atomic E-state index is 12.8. The lowest BCUT2D eigenvalue weighted by atomic mass is 10.0. The van der Waals surface area contributed by atoms with Gasteiger partial charge in [-0.25, -0.2) is 4.57 Å². The van der Waals surface area contributed by atoms with E-state index in [2.05, 4.69) is 50.3 Å². The van der Waals surface area contributed by atoms with Crippen molar-refractivity contribution in [3.05, 3.63) is 36.5 Å². The number of quaternary nitrogens is 1. The van der Waals surface area contributed by atoms with E-state index >= 15 is 0 Å². The minimum atomic E-state index is -4.39. The summed E-state index contributed by atoms with van der Waals surface area (Å²) in [7, 11) is 1.49. The highest BCUT2D eigenvalue weighted by atomic mass is 31.2. The Bertz CT molecular complexity index is 1380. The van der Waals surface area contributed by atoms with E-state index in [9.17, 15) is 19.0 Å². The van der Waals surface area contributed by atoms with Gasteiger partial charge < -0.3 is 18.9 Å². The van der Waals surface area contributed by atoms with Crippen molar-refractivity contribution in [2.24, 2.45) is 0 Å². The number of phosphoric ester groups is 1. The van der Waals surface area contributed by atoms with Crippen LogP contribution in [0.3, 0.4) is 0 Å². The van der Waals surface area contributed by atoms with E-state index in [4.69, 9.17) is 18.5 Å². The van der Waals surface area contributed by atoms with E-state index in [0.717, 1.165) is 51.4 Å². The fraction of sp³-hybridized carbons (Fsp3) is 0.879. The van der Waals surface area contributed by atoms with Crippen LogP contribution in [0.25, 0.3) is 0 Å². The molecule has 9 nitrogen and oxygen atoms in total. The van der Waals surface area contributed by atoms with Crippen molar-refractivity contribution < 1.29 is 42.1 Å². The number of phosphoric acid groups is 1. The Morgan fingerprint density at radius 3 is 1.05 bits per heavy atom. The van der Waals surface area contributed by atoms with Gasteiger partial charge in [-0.05, 0) is 51.4 Å². The maximum Gasteiger partial charge on any atom is 0.472 e. The fourth-order valence-corrected chi connectivity index (χ4v) is 10.4. The van der Waals surface area contributed by atoms with Gasteiger partial charge in [0.2, 0.25) is 0 Å². The van der Waals surface area contributed by atoms with Gasteiger partial charge in [-0.1, -0.05) is 294 Å². The van der Waals surface area contributed by atoms with Crippen molar-refractivity contribution in [3.63, 3.8) is 0 Å². The number of hydrogen-bond acceptors (Lipinski definition) is 7. The minimum absolute atomic E-state index is 0.0325. The van der Waals surface area contributed by atoms with Crippen LogP contribution in [-0.2, 0) is 32.7 Å². The van der Waals surface area contributed by atoms with E-state index < -0.39 is 26.5 Å². The molecule has 0 aromatic carbocycles. The molecule has 0 spiro atoms. The summed E-state index contributed by atoms with van der Waals surface area (Å²) >= 11 is 0. The number of ether oxygens (including phenoxy) is 2. The van der Waals surface area contributed by atoms with Crippen LogP contribution in [0.15, 0.2) is 36.5 Å². The Balaban J connectivity index is 4.07. The van der Waals surface area contributed by atoms with Gasteiger partial charge in [0.15, 0.2) is 6.10 Å². The second-order valence-corrected chi connectivity index (χ2v) is 25.0. The standard InChI is InChI=1S/C66H126NO8P/c1-6-8-10-12-14-16-18-20-22-24-26-28-30-32-33-35-36-38-40-42-44-46-48-50-52-54-56-58-65(68)72-62-64(63-74-76(70,71)73-61-60-67(3,4)5)75-66(69)59-57-55-53-51-49-47-45-43-41-39-37-34-31-29-27-25-23-21-19-17-15-13-11-9-7-2/h19,21,25,27,31,34,64H,6-18,20,22-24,26,28-30,32-33,35-63H2,1-5H3/p+1/b21-19-,27-25-,34-31-. The number of allylic oxidation sites excluding steroid dienone is 6. The van der Waals surface area contributed by atoms with Crippen molar-refractivity contribution >= 4 is 19.8 Å². The first-order chi connectivity index (χ1) is 37.0. The Labute approximate surface area is 471 Å². The third kappa shape index (κ3) is 61.4. The summed E-state index contributed by atoms with van der Waals surface area (Å²) < 4.78 is 34.7. The number of likely N-dealkylation sites (N-methyl/N-ethyl adjacent to an activating group) is 1. The molecule has 0 aliphatic heterocycles. The number of rotatable bonds is 61. The quantitative estimate of drug-likeness (QED) is 0.0211. The first-order valence-corrected chi connectivity index (χ1v) is 34.2. The second-order valence-electron chi connectivity index (χ2n) is 23.5. The molecular weight excluding hydrogens is 966 g/mol. The molecule has 448 valence electrons. The molecule has 1 N–H and O–H groups in total. The van der Waals surface area contributed by atoms with Crippen molar-refractivity contribution in [1.29, 1.82) is 0 Å². The number of nitrogens with zero attached hydrogens (tertiary/aromatic N) is 1. The zero-order valence-corrected chi connectivity index (χ0v) is 51.9. The van der Waals surface area contributed by atoms with E-state index in [0.29, 0.717) is 23.9 Å². The first kappa shape index (κ1) is 74.2. The van der Waals surface area contributed by atoms with Gasteiger partial charge in [0, 0.05) is 12.8 Å². The van der Waals surface area contributed by atoms with Crippen LogP contribution >= 0.6 is 7.82 Å². The molecule has 0 amide bonds. The molecule has 0 bridgehead atoms. The molecule has 0 aliphatic rings. The Morgan fingerprint density at radius 1 is 0.408 bits per heavy atom.